The van der Waals surface area contributed by atoms with E-state index in [-0.39, 0.29) is 11.7 Å². The zero-order valence-electron chi connectivity index (χ0n) is 12.1. The lowest BCUT2D eigenvalue weighted by atomic mass is 10.0. The normalized spacial score (nSPS) is 10.8. The van der Waals surface area contributed by atoms with Gasteiger partial charge in [0.25, 0.3) is 0 Å². The van der Waals surface area contributed by atoms with Crippen LogP contribution in [0, 0.1) is 0 Å². The molecule has 3 aromatic rings. The fraction of sp³-hybridized carbons (Fsp3) is 0.188. The molecule has 0 aliphatic carbocycles. The third kappa shape index (κ3) is 2.63. The number of nitrogens with zero attached hydrogens (tertiary/aromatic N) is 2. The van der Waals surface area contributed by atoms with Crippen LogP contribution < -0.4 is 5.32 Å². The zero-order valence-corrected chi connectivity index (χ0v) is 12.1. The van der Waals surface area contributed by atoms with Crippen LogP contribution in [0.5, 0.6) is 5.75 Å². The number of benzene rings is 1. The summed E-state index contributed by atoms with van der Waals surface area (Å²) in [7, 11) is 1.62. The molecule has 0 saturated heterocycles. The molecule has 3 rings (SSSR count). The van der Waals surface area contributed by atoms with Crippen molar-refractivity contribution >= 4 is 17.1 Å². The maximum absolute atomic E-state index is 11.5. The Morgan fingerprint density at radius 2 is 1.95 bits per heavy atom. The highest BCUT2D eigenvalue weighted by atomic mass is 16.3. The summed E-state index contributed by atoms with van der Waals surface area (Å²) in [6.07, 6.45) is 4.21. The number of phenolic OH excluding ortho intramolecular Hbond substituents is 1. The molecule has 0 unspecified atom stereocenters. The monoisotopic (exact) mass is 296 g/mol. The van der Waals surface area contributed by atoms with Crippen molar-refractivity contribution in [2.24, 2.45) is 0 Å². The second-order valence-electron chi connectivity index (χ2n) is 4.95. The number of fused-ring (bicyclic) bond motifs is 1. The van der Waals surface area contributed by atoms with Crippen molar-refractivity contribution in [3.63, 3.8) is 0 Å². The van der Waals surface area contributed by atoms with E-state index >= 15 is 0 Å². The fourth-order valence-electron chi connectivity index (χ4n) is 2.44. The number of carbonyl (C=O) groups excluding carboxylic acids is 1. The van der Waals surface area contributed by atoms with Gasteiger partial charge in [0.05, 0.1) is 5.69 Å². The Morgan fingerprint density at radius 3 is 2.68 bits per heavy atom. The van der Waals surface area contributed by atoms with E-state index in [2.05, 4.69) is 20.3 Å². The smallest absolute Gasteiger partial charge is 0.220 e. The number of hydrogen-bond acceptors (Lipinski definition) is 4. The summed E-state index contributed by atoms with van der Waals surface area (Å²) >= 11 is 0. The Kier molecular flexibility index (Phi) is 3.74. The molecule has 22 heavy (non-hydrogen) atoms. The molecule has 2 aromatic heterocycles. The van der Waals surface area contributed by atoms with Gasteiger partial charge in [0, 0.05) is 31.4 Å². The summed E-state index contributed by atoms with van der Waals surface area (Å²) in [5, 5.41) is 12.1. The van der Waals surface area contributed by atoms with E-state index in [4.69, 9.17) is 0 Å². The largest absolute Gasteiger partial charge is 0.508 e. The molecule has 1 aromatic carbocycles. The van der Waals surface area contributed by atoms with Crippen molar-refractivity contribution in [3.05, 3.63) is 42.2 Å². The second-order valence-corrected chi connectivity index (χ2v) is 4.95. The number of nitrogens with one attached hydrogen (secondary N) is 2. The minimum atomic E-state index is -0.0186. The van der Waals surface area contributed by atoms with Crippen molar-refractivity contribution in [2.45, 2.75) is 12.8 Å². The third-order valence-corrected chi connectivity index (χ3v) is 3.57. The summed E-state index contributed by atoms with van der Waals surface area (Å²) in [6.45, 7) is 0. The lowest BCUT2D eigenvalue weighted by Gasteiger charge is -2.05. The minimum absolute atomic E-state index is 0.0186. The summed E-state index contributed by atoms with van der Waals surface area (Å²) in [5.41, 5.74) is 4.22. The third-order valence-electron chi connectivity index (χ3n) is 3.57. The molecule has 0 bridgehead atoms. The standard InChI is InChI=1S/C16H16N4O2/c1-17-13(22)7-6-12-14(10-2-4-11(21)5-3-10)20-16-15(12)18-8-9-19-16/h2-5,8-9,21H,6-7H2,1H3,(H,17,22)(H,19,20). The Morgan fingerprint density at radius 1 is 1.23 bits per heavy atom. The number of rotatable bonds is 4. The molecule has 0 spiro atoms. The molecule has 2 heterocycles. The lowest BCUT2D eigenvalue weighted by molar-refractivity contribution is -0.120. The number of H-pyrrole nitrogens is 1. The Labute approximate surface area is 127 Å². The van der Waals surface area contributed by atoms with Crippen LogP contribution in [-0.2, 0) is 11.2 Å². The molecular weight excluding hydrogens is 280 g/mol. The van der Waals surface area contributed by atoms with Gasteiger partial charge in [0.1, 0.15) is 11.3 Å². The SMILES string of the molecule is CNC(=O)CCc1c(-c2ccc(O)cc2)[nH]c2nccnc12. The first-order chi connectivity index (χ1) is 10.7. The molecule has 0 radical (unpaired) electrons. The number of amides is 1. The number of aromatic amines is 1. The minimum Gasteiger partial charge on any atom is -0.508 e. The number of phenols is 1. The van der Waals surface area contributed by atoms with E-state index in [9.17, 15) is 9.90 Å². The Balaban J connectivity index is 2.07. The first-order valence-corrected chi connectivity index (χ1v) is 7.00. The summed E-state index contributed by atoms with van der Waals surface area (Å²) in [5.74, 6) is 0.193. The van der Waals surface area contributed by atoms with Crippen molar-refractivity contribution in [1.82, 2.24) is 20.3 Å². The maximum atomic E-state index is 11.5. The van der Waals surface area contributed by atoms with Crippen LogP contribution in [-0.4, -0.2) is 33.0 Å². The highest BCUT2D eigenvalue weighted by Crippen LogP contribution is 2.30. The zero-order chi connectivity index (χ0) is 15.5. The quantitative estimate of drug-likeness (QED) is 0.687. The van der Waals surface area contributed by atoms with Gasteiger partial charge in [-0.3, -0.25) is 9.78 Å². The van der Waals surface area contributed by atoms with Crippen LogP contribution in [0.4, 0.5) is 0 Å². The van der Waals surface area contributed by atoms with Crippen LogP contribution in [0.1, 0.15) is 12.0 Å². The Bertz CT molecular complexity index is 809. The van der Waals surface area contributed by atoms with Crippen LogP contribution in [0.25, 0.3) is 22.4 Å². The van der Waals surface area contributed by atoms with Gasteiger partial charge in [-0.1, -0.05) is 0 Å². The summed E-state index contributed by atoms with van der Waals surface area (Å²) < 4.78 is 0. The van der Waals surface area contributed by atoms with Gasteiger partial charge in [-0.05, 0) is 36.2 Å². The average molecular weight is 296 g/mol. The number of aromatic hydroxyl groups is 1. The predicted octanol–water partition coefficient (Wildman–Crippen LogP) is 2.01. The Hall–Kier alpha value is -2.89. The van der Waals surface area contributed by atoms with Gasteiger partial charge < -0.3 is 15.4 Å². The van der Waals surface area contributed by atoms with Crippen LogP contribution in [0.15, 0.2) is 36.7 Å². The first kappa shape index (κ1) is 14.1. The molecule has 3 N–H and O–H groups in total. The van der Waals surface area contributed by atoms with E-state index in [1.807, 2.05) is 12.1 Å². The van der Waals surface area contributed by atoms with Gasteiger partial charge in [-0.15, -0.1) is 0 Å². The highest BCUT2D eigenvalue weighted by Gasteiger charge is 2.15. The average Bonchev–Trinajstić information content (AvgIpc) is 2.92. The van der Waals surface area contributed by atoms with Gasteiger partial charge in [-0.25, -0.2) is 4.98 Å². The van der Waals surface area contributed by atoms with Crippen molar-refractivity contribution < 1.29 is 9.90 Å². The molecule has 112 valence electrons. The predicted molar refractivity (Wildman–Crippen MR) is 83.4 cm³/mol. The molecule has 0 atom stereocenters. The maximum Gasteiger partial charge on any atom is 0.220 e. The van der Waals surface area contributed by atoms with E-state index < -0.39 is 0 Å². The fourth-order valence-corrected chi connectivity index (χ4v) is 2.44. The number of carbonyl (C=O) groups is 1. The summed E-state index contributed by atoms with van der Waals surface area (Å²) in [6, 6.07) is 6.90. The molecule has 6 heteroatoms. The molecule has 0 saturated carbocycles. The van der Waals surface area contributed by atoms with Crippen molar-refractivity contribution in [3.8, 4) is 17.0 Å². The molecular formula is C16H16N4O2. The lowest BCUT2D eigenvalue weighted by Crippen LogP contribution is -2.18. The first-order valence-electron chi connectivity index (χ1n) is 7.00. The van der Waals surface area contributed by atoms with E-state index in [1.54, 1.807) is 31.6 Å². The molecule has 0 fully saturated rings. The van der Waals surface area contributed by atoms with Crippen LogP contribution in [0.2, 0.25) is 0 Å². The van der Waals surface area contributed by atoms with Gasteiger partial charge in [-0.2, -0.15) is 0 Å². The van der Waals surface area contributed by atoms with E-state index in [0.29, 0.717) is 18.5 Å². The molecule has 1 amide bonds. The van der Waals surface area contributed by atoms with Crippen molar-refractivity contribution in [1.29, 1.82) is 0 Å². The molecule has 6 nitrogen and oxygen atoms in total. The number of hydrogen-bond donors (Lipinski definition) is 3. The van der Waals surface area contributed by atoms with E-state index in [1.165, 1.54) is 0 Å². The van der Waals surface area contributed by atoms with E-state index in [0.717, 1.165) is 22.3 Å². The van der Waals surface area contributed by atoms with Crippen molar-refractivity contribution in [2.75, 3.05) is 7.05 Å². The number of aromatic nitrogens is 3. The second kappa shape index (κ2) is 5.85. The molecule has 0 aliphatic heterocycles. The topological polar surface area (TPSA) is 90.9 Å². The highest BCUT2D eigenvalue weighted by molar-refractivity contribution is 5.86. The van der Waals surface area contributed by atoms with Crippen LogP contribution in [0.3, 0.4) is 0 Å². The molecule has 0 aliphatic rings. The number of aryl methyl sites for hydroxylation is 1. The van der Waals surface area contributed by atoms with Gasteiger partial charge >= 0.3 is 0 Å². The van der Waals surface area contributed by atoms with Gasteiger partial charge in [0.15, 0.2) is 5.65 Å². The summed E-state index contributed by atoms with van der Waals surface area (Å²) in [4.78, 5) is 23.5. The van der Waals surface area contributed by atoms with Crippen LogP contribution >= 0.6 is 0 Å². The van der Waals surface area contributed by atoms with Gasteiger partial charge in [0.2, 0.25) is 5.91 Å².